The van der Waals surface area contributed by atoms with E-state index in [1.165, 1.54) is 0 Å². The molecule has 0 fully saturated rings. The molecular formula is C20H20BrN5O2. The van der Waals surface area contributed by atoms with Crippen molar-refractivity contribution in [2.45, 2.75) is 27.3 Å². The lowest BCUT2D eigenvalue weighted by Crippen LogP contribution is -2.32. The molecular weight excluding hydrogens is 422 g/mol. The first-order chi connectivity index (χ1) is 13.4. The van der Waals surface area contributed by atoms with E-state index in [1.807, 2.05) is 45.0 Å². The molecule has 8 heteroatoms. The zero-order valence-corrected chi connectivity index (χ0v) is 17.5. The minimum atomic E-state index is -0.0791. The number of carbonyl (C=O) groups is 1. The van der Waals surface area contributed by atoms with Crippen LogP contribution in [0.5, 0.6) is 5.75 Å². The molecule has 0 saturated carbocycles. The number of halogens is 1. The Bertz CT molecular complexity index is 1040. The molecule has 1 amide bonds. The van der Waals surface area contributed by atoms with Crippen molar-refractivity contribution >= 4 is 21.8 Å². The van der Waals surface area contributed by atoms with Gasteiger partial charge in [0.25, 0.3) is 11.9 Å². The monoisotopic (exact) mass is 441 g/mol. The summed E-state index contributed by atoms with van der Waals surface area (Å²) in [6, 6.07) is 7.76. The fourth-order valence-electron chi connectivity index (χ4n) is 3.31. The van der Waals surface area contributed by atoms with E-state index in [0.29, 0.717) is 36.9 Å². The first-order valence-electron chi connectivity index (χ1n) is 9.01. The molecule has 1 aromatic carbocycles. The highest BCUT2D eigenvalue weighted by Crippen LogP contribution is 2.32. The van der Waals surface area contributed by atoms with Crippen molar-refractivity contribution in [3.05, 3.63) is 63.1 Å². The van der Waals surface area contributed by atoms with Crippen LogP contribution in [0.4, 0.5) is 0 Å². The van der Waals surface area contributed by atoms with Gasteiger partial charge in [0.15, 0.2) is 0 Å². The summed E-state index contributed by atoms with van der Waals surface area (Å²) in [7, 11) is 0. The molecule has 0 bridgehead atoms. The number of hydrogen-bond acceptors (Lipinski definition) is 5. The van der Waals surface area contributed by atoms with Crippen molar-refractivity contribution in [1.29, 1.82) is 0 Å². The Hall–Kier alpha value is -2.74. The highest BCUT2D eigenvalue weighted by Gasteiger charge is 2.25. The SMILES string of the molecule is Cc1cc(C)nc(-n2cc(C(=O)N3CCOc4c(Br)cccc4C3)c(C)n2)n1. The van der Waals surface area contributed by atoms with E-state index in [-0.39, 0.29) is 5.91 Å². The molecule has 0 unspecified atom stereocenters. The van der Waals surface area contributed by atoms with Gasteiger partial charge in [-0.1, -0.05) is 12.1 Å². The number of hydrogen-bond donors (Lipinski definition) is 0. The molecule has 28 heavy (non-hydrogen) atoms. The number of nitrogens with zero attached hydrogens (tertiary/aromatic N) is 5. The maximum absolute atomic E-state index is 13.2. The second-order valence-electron chi connectivity index (χ2n) is 6.83. The summed E-state index contributed by atoms with van der Waals surface area (Å²) in [5.41, 5.74) is 3.88. The molecule has 3 aromatic rings. The van der Waals surface area contributed by atoms with E-state index >= 15 is 0 Å². The standard InChI is InChI=1S/C20H20BrN5O2/c1-12-9-13(2)23-20(22-12)26-11-16(14(3)24-26)19(27)25-7-8-28-18-15(10-25)5-4-6-17(18)21/h4-6,9,11H,7-8,10H2,1-3H3. The number of aryl methyl sites for hydroxylation is 3. The first kappa shape index (κ1) is 18.6. The largest absolute Gasteiger partial charge is 0.490 e. The minimum Gasteiger partial charge on any atom is -0.490 e. The van der Waals surface area contributed by atoms with Crippen molar-refractivity contribution in [1.82, 2.24) is 24.6 Å². The second kappa shape index (κ2) is 7.35. The molecule has 0 spiro atoms. The Kier molecular flexibility index (Phi) is 4.89. The summed E-state index contributed by atoms with van der Waals surface area (Å²) in [6.45, 7) is 7.07. The highest BCUT2D eigenvalue weighted by molar-refractivity contribution is 9.10. The topological polar surface area (TPSA) is 73.1 Å². The van der Waals surface area contributed by atoms with Crippen molar-refractivity contribution in [2.75, 3.05) is 13.2 Å². The summed E-state index contributed by atoms with van der Waals surface area (Å²) in [4.78, 5) is 23.8. The van der Waals surface area contributed by atoms with E-state index in [9.17, 15) is 4.79 Å². The molecule has 3 heterocycles. The Balaban J connectivity index is 1.64. The zero-order valence-electron chi connectivity index (χ0n) is 15.9. The van der Waals surface area contributed by atoms with E-state index in [4.69, 9.17) is 4.74 Å². The summed E-state index contributed by atoms with van der Waals surface area (Å²) in [5, 5.41) is 4.47. The Labute approximate surface area is 171 Å². The van der Waals surface area contributed by atoms with Crippen LogP contribution in [0.2, 0.25) is 0 Å². The lowest BCUT2D eigenvalue weighted by Gasteiger charge is -2.19. The van der Waals surface area contributed by atoms with E-state index < -0.39 is 0 Å². The van der Waals surface area contributed by atoms with Crippen molar-refractivity contribution in [3.63, 3.8) is 0 Å². The molecule has 0 atom stereocenters. The molecule has 0 aliphatic carbocycles. The average Bonchev–Trinajstić information content (AvgIpc) is 2.89. The highest BCUT2D eigenvalue weighted by atomic mass is 79.9. The summed E-state index contributed by atoms with van der Waals surface area (Å²) in [6.07, 6.45) is 1.71. The molecule has 0 saturated heterocycles. The Morgan fingerprint density at radius 3 is 2.68 bits per heavy atom. The van der Waals surface area contributed by atoms with Crippen LogP contribution in [0.25, 0.3) is 5.95 Å². The first-order valence-corrected chi connectivity index (χ1v) is 9.80. The predicted octanol–water partition coefficient (Wildman–Crippen LogP) is 3.38. The summed E-state index contributed by atoms with van der Waals surface area (Å²) in [5.74, 6) is 1.19. The molecule has 0 N–H and O–H groups in total. The number of ether oxygens (including phenoxy) is 1. The van der Waals surface area contributed by atoms with Crippen LogP contribution in [-0.4, -0.2) is 43.7 Å². The van der Waals surface area contributed by atoms with Gasteiger partial charge in [0, 0.05) is 29.7 Å². The van der Waals surface area contributed by atoms with Gasteiger partial charge in [-0.3, -0.25) is 4.79 Å². The smallest absolute Gasteiger partial charge is 0.257 e. The predicted molar refractivity (Wildman–Crippen MR) is 108 cm³/mol. The average molecular weight is 442 g/mol. The number of benzene rings is 1. The third-order valence-corrected chi connectivity index (χ3v) is 5.23. The van der Waals surface area contributed by atoms with Crippen molar-refractivity contribution in [2.24, 2.45) is 0 Å². The Morgan fingerprint density at radius 2 is 1.93 bits per heavy atom. The summed E-state index contributed by atoms with van der Waals surface area (Å²) >= 11 is 3.52. The van der Waals surface area contributed by atoms with Crippen LogP contribution in [0.1, 0.15) is 33.0 Å². The van der Waals surface area contributed by atoms with Crippen molar-refractivity contribution in [3.8, 4) is 11.7 Å². The fraction of sp³-hybridized carbons (Fsp3) is 0.300. The van der Waals surface area contributed by atoms with Crippen LogP contribution in [-0.2, 0) is 6.54 Å². The third-order valence-electron chi connectivity index (χ3n) is 4.61. The van der Waals surface area contributed by atoms with E-state index in [0.717, 1.165) is 27.2 Å². The molecule has 7 nitrogen and oxygen atoms in total. The lowest BCUT2D eigenvalue weighted by molar-refractivity contribution is 0.0732. The molecule has 2 aromatic heterocycles. The molecule has 1 aliphatic heterocycles. The van der Waals surface area contributed by atoms with Gasteiger partial charge in [-0.15, -0.1) is 0 Å². The maximum Gasteiger partial charge on any atom is 0.257 e. The van der Waals surface area contributed by atoms with Gasteiger partial charge < -0.3 is 9.64 Å². The maximum atomic E-state index is 13.2. The number of rotatable bonds is 2. The van der Waals surface area contributed by atoms with E-state index in [2.05, 4.69) is 31.0 Å². The van der Waals surface area contributed by atoms with Crippen LogP contribution < -0.4 is 4.74 Å². The Morgan fingerprint density at radius 1 is 1.18 bits per heavy atom. The normalized spacial score (nSPS) is 13.6. The van der Waals surface area contributed by atoms with Gasteiger partial charge in [0.05, 0.1) is 22.3 Å². The van der Waals surface area contributed by atoms with Gasteiger partial charge in [-0.05, 0) is 48.8 Å². The van der Waals surface area contributed by atoms with Crippen LogP contribution in [0.15, 0.2) is 34.9 Å². The number of amides is 1. The van der Waals surface area contributed by atoms with Crippen LogP contribution in [0, 0.1) is 20.8 Å². The quantitative estimate of drug-likeness (QED) is 0.609. The number of carbonyl (C=O) groups excluding carboxylic acids is 1. The van der Waals surface area contributed by atoms with E-state index in [1.54, 1.807) is 15.8 Å². The van der Waals surface area contributed by atoms with Crippen LogP contribution in [0.3, 0.4) is 0 Å². The van der Waals surface area contributed by atoms with Gasteiger partial charge in [-0.25, -0.2) is 14.6 Å². The van der Waals surface area contributed by atoms with Gasteiger partial charge in [-0.2, -0.15) is 5.10 Å². The second-order valence-corrected chi connectivity index (χ2v) is 7.68. The van der Waals surface area contributed by atoms with Crippen molar-refractivity contribution < 1.29 is 9.53 Å². The molecule has 144 valence electrons. The van der Waals surface area contributed by atoms with Gasteiger partial charge >= 0.3 is 0 Å². The number of fused-ring (bicyclic) bond motifs is 1. The van der Waals surface area contributed by atoms with Gasteiger partial charge in [0.1, 0.15) is 12.4 Å². The number of para-hydroxylation sites is 1. The molecule has 4 rings (SSSR count). The molecule has 0 radical (unpaired) electrons. The number of aromatic nitrogens is 4. The van der Waals surface area contributed by atoms with Crippen LogP contribution >= 0.6 is 15.9 Å². The molecule has 1 aliphatic rings. The fourth-order valence-corrected chi connectivity index (χ4v) is 3.83. The van der Waals surface area contributed by atoms with Gasteiger partial charge in [0.2, 0.25) is 0 Å². The lowest BCUT2D eigenvalue weighted by atomic mass is 10.1. The zero-order chi connectivity index (χ0) is 19.8. The third kappa shape index (κ3) is 3.52. The summed E-state index contributed by atoms with van der Waals surface area (Å²) < 4.78 is 8.31. The minimum absolute atomic E-state index is 0.0791.